The first-order valence-electron chi connectivity index (χ1n) is 6.85. The maximum atomic E-state index is 14.0. The zero-order chi connectivity index (χ0) is 13.8. The summed E-state index contributed by atoms with van der Waals surface area (Å²) in [7, 11) is 0. The first-order valence-corrected chi connectivity index (χ1v) is 7.64. The van der Waals surface area contributed by atoms with Gasteiger partial charge in [0.05, 0.1) is 6.10 Å². The Morgan fingerprint density at radius 3 is 2.95 bits per heavy atom. The fourth-order valence-electron chi connectivity index (χ4n) is 2.48. The minimum Gasteiger partial charge on any atom is -0.373 e. The van der Waals surface area contributed by atoms with Crippen LogP contribution in [0.2, 0.25) is 0 Å². The Labute approximate surface area is 122 Å². The summed E-state index contributed by atoms with van der Waals surface area (Å²) in [6.45, 7) is 6.96. The van der Waals surface area contributed by atoms with E-state index in [0.29, 0.717) is 24.0 Å². The molecule has 2 rings (SSSR count). The highest BCUT2D eigenvalue weighted by Gasteiger charge is 2.31. The molecule has 19 heavy (non-hydrogen) atoms. The lowest BCUT2D eigenvalue weighted by molar-refractivity contribution is 0.0873. The molecule has 1 aromatic carbocycles. The molecule has 0 spiro atoms. The van der Waals surface area contributed by atoms with Crippen molar-refractivity contribution in [3.63, 3.8) is 0 Å². The molecule has 1 N–H and O–H groups in total. The number of hydrogen-bond acceptors (Lipinski definition) is 2. The summed E-state index contributed by atoms with van der Waals surface area (Å²) in [5, 5.41) is 3.45. The molecule has 1 fully saturated rings. The predicted molar refractivity (Wildman–Crippen MR) is 78.6 cm³/mol. The molecule has 0 saturated carbocycles. The minimum absolute atomic E-state index is 0.118. The van der Waals surface area contributed by atoms with Crippen molar-refractivity contribution in [3.8, 4) is 0 Å². The number of rotatable bonds is 5. The SMILES string of the molecule is CC(C)CNCC1CCOC1c1ccc(Br)cc1F. The smallest absolute Gasteiger partial charge is 0.130 e. The Morgan fingerprint density at radius 2 is 2.26 bits per heavy atom. The highest BCUT2D eigenvalue weighted by molar-refractivity contribution is 9.10. The number of nitrogens with one attached hydrogen (secondary N) is 1. The van der Waals surface area contributed by atoms with Crippen LogP contribution in [0.4, 0.5) is 4.39 Å². The normalized spacial score (nSPS) is 23.2. The summed E-state index contributed by atoms with van der Waals surface area (Å²) in [6, 6.07) is 5.21. The van der Waals surface area contributed by atoms with E-state index in [4.69, 9.17) is 4.74 Å². The molecular weight excluding hydrogens is 309 g/mol. The van der Waals surface area contributed by atoms with Gasteiger partial charge in [0.2, 0.25) is 0 Å². The molecule has 0 radical (unpaired) electrons. The van der Waals surface area contributed by atoms with E-state index in [-0.39, 0.29) is 11.9 Å². The molecule has 1 saturated heterocycles. The fourth-order valence-corrected chi connectivity index (χ4v) is 2.81. The number of benzene rings is 1. The summed E-state index contributed by atoms with van der Waals surface area (Å²) in [5.41, 5.74) is 0.678. The van der Waals surface area contributed by atoms with Crippen molar-refractivity contribution in [2.45, 2.75) is 26.4 Å². The van der Waals surface area contributed by atoms with Crippen molar-refractivity contribution in [1.29, 1.82) is 0 Å². The number of ether oxygens (including phenoxy) is 1. The van der Waals surface area contributed by atoms with Gasteiger partial charge in [0.1, 0.15) is 5.82 Å². The van der Waals surface area contributed by atoms with Crippen LogP contribution in [0, 0.1) is 17.7 Å². The summed E-state index contributed by atoms with van der Waals surface area (Å²) in [6.07, 6.45) is 0.874. The third kappa shape index (κ3) is 4.01. The van der Waals surface area contributed by atoms with Crippen LogP contribution in [-0.4, -0.2) is 19.7 Å². The van der Waals surface area contributed by atoms with E-state index in [1.807, 2.05) is 12.1 Å². The van der Waals surface area contributed by atoms with Gasteiger partial charge in [-0.1, -0.05) is 35.8 Å². The van der Waals surface area contributed by atoms with Crippen LogP contribution in [0.15, 0.2) is 22.7 Å². The van der Waals surface area contributed by atoms with Gasteiger partial charge in [0, 0.05) is 29.1 Å². The Bertz CT molecular complexity index is 425. The van der Waals surface area contributed by atoms with E-state index >= 15 is 0 Å². The molecule has 0 amide bonds. The van der Waals surface area contributed by atoms with Gasteiger partial charge in [0.25, 0.3) is 0 Å². The molecule has 1 aliphatic rings. The quantitative estimate of drug-likeness (QED) is 0.884. The summed E-state index contributed by atoms with van der Waals surface area (Å²) in [5.74, 6) is 0.801. The molecule has 4 heteroatoms. The molecule has 2 nitrogen and oxygen atoms in total. The summed E-state index contributed by atoms with van der Waals surface area (Å²) in [4.78, 5) is 0. The van der Waals surface area contributed by atoms with Crippen LogP contribution < -0.4 is 5.32 Å². The monoisotopic (exact) mass is 329 g/mol. The standard InChI is InChI=1S/C15H21BrFNO/c1-10(2)8-18-9-11-5-6-19-15(11)13-4-3-12(16)7-14(13)17/h3-4,7,10-11,15,18H,5-6,8-9H2,1-2H3. The van der Waals surface area contributed by atoms with Gasteiger partial charge in [-0.15, -0.1) is 0 Å². The Hall–Kier alpha value is -0.450. The van der Waals surface area contributed by atoms with E-state index in [2.05, 4.69) is 35.1 Å². The van der Waals surface area contributed by atoms with Gasteiger partial charge >= 0.3 is 0 Å². The van der Waals surface area contributed by atoms with E-state index in [9.17, 15) is 4.39 Å². The lowest BCUT2D eigenvalue weighted by Crippen LogP contribution is -2.28. The molecule has 2 atom stereocenters. The summed E-state index contributed by atoms with van der Waals surface area (Å²) < 4.78 is 20.5. The van der Waals surface area contributed by atoms with E-state index in [1.165, 1.54) is 6.07 Å². The third-order valence-electron chi connectivity index (χ3n) is 3.44. The summed E-state index contributed by atoms with van der Waals surface area (Å²) >= 11 is 3.28. The van der Waals surface area contributed by atoms with Crippen LogP contribution in [0.25, 0.3) is 0 Å². The zero-order valence-electron chi connectivity index (χ0n) is 11.5. The van der Waals surface area contributed by atoms with E-state index in [0.717, 1.165) is 24.0 Å². The lowest BCUT2D eigenvalue weighted by atomic mass is 9.95. The van der Waals surface area contributed by atoms with Crippen LogP contribution in [-0.2, 0) is 4.74 Å². The lowest BCUT2D eigenvalue weighted by Gasteiger charge is -2.20. The first kappa shape index (κ1) is 14.9. The van der Waals surface area contributed by atoms with Crippen molar-refractivity contribution in [1.82, 2.24) is 5.32 Å². The maximum absolute atomic E-state index is 14.0. The van der Waals surface area contributed by atoms with Crippen molar-refractivity contribution in [3.05, 3.63) is 34.1 Å². The Balaban J connectivity index is 2.01. The van der Waals surface area contributed by atoms with Crippen molar-refractivity contribution in [2.24, 2.45) is 11.8 Å². The van der Waals surface area contributed by atoms with Crippen molar-refractivity contribution < 1.29 is 9.13 Å². The van der Waals surface area contributed by atoms with Gasteiger partial charge in [-0.05, 0) is 31.0 Å². The van der Waals surface area contributed by atoms with Gasteiger partial charge in [-0.3, -0.25) is 0 Å². The zero-order valence-corrected chi connectivity index (χ0v) is 13.0. The molecule has 1 aromatic rings. The van der Waals surface area contributed by atoms with Gasteiger partial charge in [0.15, 0.2) is 0 Å². The Kier molecular flexibility index (Phi) is 5.37. The second-order valence-electron chi connectivity index (χ2n) is 5.56. The van der Waals surface area contributed by atoms with Gasteiger partial charge in [-0.25, -0.2) is 4.39 Å². The van der Waals surface area contributed by atoms with Crippen LogP contribution in [0.5, 0.6) is 0 Å². The second-order valence-corrected chi connectivity index (χ2v) is 6.47. The van der Waals surface area contributed by atoms with Crippen molar-refractivity contribution in [2.75, 3.05) is 19.7 Å². The highest BCUT2D eigenvalue weighted by atomic mass is 79.9. The minimum atomic E-state index is -0.185. The third-order valence-corrected chi connectivity index (χ3v) is 3.94. The van der Waals surface area contributed by atoms with E-state index < -0.39 is 0 Å². The second kappa shape index (κ2) is 6.82. The average molecular weight is 330 g/mol. The topological polar surface area (TPSA) is 21.3 Å². The first-order chi connectivity index (χ1) is 9.08. The molecule has 1 aliphatic heterocycles. The van der Waals surface area contributed by atoms with Gasteiger partial charge in [-0.2, -0.15) is 0 Å². The molecule has 2 unspecified atom stereocenters. The molecule has 0 aromatic heterocycles. The Morgan fingerprint density at radius 1 is 1.47 bits per heavy atom. The predicted octanol–water partition coefficient (Wildman–Crippen LogP) is 3.91. The van der Waals surface area contributed by atoms with Crippen LogP contribution >= 0.6 is 15.9 Å². The van der Waals surface area contributed by atoms with Crippen LogP contribution in [0.1, 0.15) is 31.9 Å². The maximum Gasteiger partial charge on any atom is 0.130 e. The molecule has 1 heterocycles. The van der Waals surface area contributed by atoms with Crippen molar-refractivity contribution >= 4 is 15.9 Å². The average Bonchev–Trinajstić information content (AvgIpc) is 2.77. The van der Waals surface area contributed by atoms with Crippen LogP contribution in [0.3, 0.4) is 0 Å². The molecule has 0 bridgehead atoms. The largest absolute Gasteiger partial charge is 0.373 e. The number of halogens is 2. The molecule has 106 valence electrons. The van der Waals surface area contributed by atoms with Gasteiger partial charge < -0.3 is 10.1 Å². The molecule has 0 aliphatic carbocycles. The fraction of sp³-hybridized carbons (Fsp3) is 0.600. The van der Waals surface area contributed by atoms with E-state index in [1.54, 1.807) is 0 Å². The molecular formula is C15H21BrFNO. The highest BCUT2D eigenvalue weighted by Crippen LogP contribution is 2.36. The number of hydrogen-bond donors (Lipinski definition) is 1.